The van der Waals surface area contributed by atoms with Gasteiger partial charge in [0.2, 0.25) is 0 Å². The van der Waals surface area contributed by atoms with Gasteiger partial charge in [-0.2, -0.15) is 0 Å². The van der Waals surface area contributed by atoms with Crippen molar-refractivity contribution < 1.29 is 14.6 Å². The Hall–Kier alpha value is -0.160. The molecule has 2 unspecified atom stereocenters. The highest BCUT2D eigenvalue weighted by molar-refractivity contribution is 4.75. The molecule has 0 spiro atoms. The molecule has 0 aliphatic heterocycles. The van der Waals surface area contributed by atoms with Crippen molar-refractivity contribution in [1.29, 1.82) is 0 Å². The molecule has 0 saturated heterocycles. The van der Waals surface area contributed by atoms with Crippen LogP contribution in [0.4, 0.5) is 0 Å². The summed E-state index contributed by atoms with van der Waals surface area (Å²) in [6, 6.07) is 0. The lowest BCUT2D eigenvalue weighted by molar-refractivity contribution is -0.0767. The van der Waals surface area contributed by atoms with E-state index in [1.165, 1.54) is 0 Å². The lowest BCUT2D eigenvalue weighted by Crippen LogP contribution is -2.43. The van der Waals surface area contributed by atoms with Gasteiger partial charge in [-0.1, -0.05) is 6.92 Å². The van der Waals surface area contributed by atoms with Gasteiger partial charge in [0.15, 0.2) is 0 Å². The third kappa shape index (κ3) is 9.09. The Kier molecular flexibility index (Phi) is 8.84. The predicted molar refractivity (Wildman–Crippen MR) is 65.7 cm³/mol. The zero-order chi connectivity index (χ0) is 12.4. The lowest BCUT2D eigenvalue weighted by Gasteiger charge is -2.25. The summed E-state index contributed by atoms with van der Waals surface area (Å²) in [4.78, 5) is 0. The minimum atomic E-state index is -0.810. The van der Waals surface area contributed by atoms with Crippen LogP contribution in [0.25, 0.3) is 0 Å². The molecule has 0 amide bonds. The van der Waals surface area contributed by atoms with Crippen molar-refractivity contribution in [3.8, 4) is 0 Å². The van der Waals surface area contributed by atoms with E-state index in [9.17, 15) is 5.11 Å². The standard InChI is InChI=1S/C12H27NO3/c1-5-7-13-9-12(4,14)10-16-11(3)8-15-6-2/h11,13-14H,5-10H2,1-4H3. The third-order valence-corrected chi connectivity index (χ3v) is 2.17. The summed E-state index contributed by atoms with van der Waals surface area (Å²) < 4.78 is 10.8. The molecule has 0 aliphatic rings. The van der Waals surface area contributed by atoms with Crippen molar-refractivity contribution >= 4 is 0 Å². The zero-order valence-corrected chi connectivity index (χ0v) is 11.1. The third-order valence-electron chi connectivity index (χ3n) is 2.17. The summed E-state index contributed by atoms with van der Waals surface area (Å²) in [5.74, 6) is 0. The molecule has 2 N–H and O–H groups in total. The maximum absolute atomic E-state index is 9.99. The summed E-state index contributed by atoms with van der Waals surface area (Å²) in [7, 11) is 0. The van der Waals surface area contributed by atoms with Crippen LogP contribution >= 0.6 is 0 Å². The maximum Gasteiger partial charge on any atom is 0.0975 e. The van der Waals surface area contributed by atoms with Crippen LogP contribution in [-0.4, -0.2) is 49.7 Å². The molecule has 0 aromatic carbocycles. The first-order valence-corrected chi connectivity index (χ1v) is 6.14. The first-order valence-electron chi connectivity index (χ1n) is 6.14. The summed E-state index contributed by atoms with van der Waals surface area (Å²) >= 11 is 0. The number of aliphatic hydroxyl groups is 1. The summed E-state index contributed by atoms with van der Waals surface area (Å²) in [6.07, 6.45) is 1.09. The largest absolute Gasteiger partial charge is 0.386 e. The molecule has 0 fully saturated rings. The fourth-order valence-corrected chi connectivity index (χ4v) is 1.24. The quantitative estimate of drug-likeness (QED) is 0.556. The Morgan fingerprint density at radius 3 is 2.62 bits per heavy atom. The number of rotatable bonds is 10. The van der Waals surface area contributed by atoms with Gasteiger partial charge in [0, 0.05) is 13.2 Å². The molecule has 0 saturated carbocycles. The van der Waals surface area contributed by atoms with Crippen LogP contribution in [0.5, 0.6) is 0 Å². The molecule has 0 radical (unpaired) electrons. The Morgan fingerprint density at radius 2 is 2.06 bits per heavy atom. The normalized spacial score (nSPS) is 17.1. The van der Waals surface area contributed by atoms with Crippen molar-refractivity contribution in [3.63, 3.8) is 0 Å². The number of ether oxygens (including phenoxy) is 2. The fraction of sp³-hybridized carbons (Fsp3) is 1.00. The molecule has 4 nitrogen and oxygen atoms in total. The van der Waals surface area contributed by atoms with Gasteiger partial charge in [0.05, 0.1) is 24.9 Å². The number of hydrogen-bond donors (Lipinski definition) is 2. The van der Waals surface area contributed by atoms with Crippen LogP contribution in [0.3, 0.4) is 0 Å². The Morgan fingerprint density at radius 1 is 1.38 bits per heavy atom. The van der Waals surface area contributed by atoms with Crippen molar-refractivity contribution in [3.05, 3.63) is 0 Å². The van der Waals surface area contributed by atoms with E-state index in [2.05, 4.69) is 12.2 Å². The Labute approximate surface area is 99.3 Å². The minimum Gasteiger partial charge on any atom is -0.386 e. The molecule has 2 atom stereocenters. The number of nitrogens with one attached hydrogen (secondary N) is 1. The van der Waals surface area contributed by atoms with Gasteiger partial charge >= 0.3 is 0 Å². The van der Waals surface area contributed by atoms with Crippen molar-refractivity contribution in [2.24, 2.45) is 0 Å². The van der Waals surface area contributed by atoms with Crippen LogP contribution < -0.4 is 5.32 Å². The molecule has 0 heterocycles. The van der Waals surface area contributed by atoms with Crippen molar-refractivity contribution in [2.75, 3.05) is 32.9 Å². The smallest absolute Gasteiger partial charge is 0.0975 e. The Bertz CT molecular complexity index is 162. The predicted octanol–water partition coefficient (Wildman–Crippen LogP) is 1.18. The van der Waals surface area contributed by atoms with E-state index in [4.69, 9.17) is 9.47 Å². The molecule has 0 bridgehead atoms. The molecular formula is C12H27NO3. The first-order chi connectivity index (χ1) is 7.52. The summed E-state index contributed by atoms with van der Waals surface area (Å²) in [5, 5.41) is 13.2. The van der Waals surface area contributed by atoms with E-state index in [1.54, 1.807) is 6.92 Å². The highest BCUT2D eigenvalue weighted by Crippen LogP contribution is 2.05. The van der Waals surface area contributed by atoms with Gasteiger partial charge in [-0.05, 0) is 33.7 Å². The van der Waals surface area contributed by atoms with Gasteiger partial charge in [-0.15, -0.1) is 0 Å². The van der Waals surface area contributed by atoms with Gasteiger partial charge in [0.25, 0.3) is 0 Å². The van der Waals surface area contributed by atoms with Crippen LogP contribution in [0.15, 0.2) is 0 Å². The topological polar surface area (TPSA) is 50.7 Å². The van der Waals surface area contributed by atoms with Crippen LogP contribution in [0.1, 0.15) is 34.1 Å². The SMILES string of the molecule is CCCNCC(C)(O)COC(C)COCC. The average molecular weight is 233 g/mol. The van der Waals surface area contributed by atoms with Crippen LogP contribution in [0.2, 0.25) is 0 Å². The van der Waals surface area contributed by atoms with Crippen molar-refractivity contribution in [2.45, 2.75) is 45.8 Å². The second kappa shape index (κ2) is 8.93. The fourth-order valence-electron chi connectivity index (χ4n) is 1.24. The van der Waals surface area contributed by atoms with E-state index >= 15 is 0 Å². The second-order valence-corrected chi connectivity index (χ2v) is 4.45. The van der Waals surface area contributed by atoms with Gasteiger partial charge in [0.1, 0.15) is 0 Å². The number of hydrogen-bond acceptors (Lipinski definition) is 4. The summed E-state index contributed by atoms with van der Waals surface area (Å²) in [5.41, 5.74) is -0.810. The zero-order valence-electron chi connectivity index (χ0n) is 11.1. The van der Waals surface area contributed by atoms with E-state index < -0.39 is 5.60 Å². The van der Waals surface area contributed by atoms with E-state index in [-0.39, 0.29) is 6.10 Å². The lowest BCUT2D eigenvalue weighted by atomic mass is 10.1. The van der Waals surface area contributed by atoms with Crippen molar-refractivity contribution in [1.82, 2.24) is 5.32 Å². The minimum absolute atomic E-state index is 0.0256. The molecule has 98 valence electrons. The highest BCUT2D eigenvalue weighted by atomic mass is 16.5. The highest BCUT2D eigenvalue weighted by Gasteiger charge is 2.21. The molecule has 0 rings (SSSR count). The molecule has 4 heteroatoms. The van der Waals surface area contributed by atoms with Gasteiger partial charge < -0.3 is 19.9 Å². The molecule has 0 aromatic rings. The molecule has 0 aromatic heterocycles. The maximum atomic E-state index is 9.99. The first kappa shape index (κ1) is 15.8. The molecule has 16 heavy (non-hydrogen) atoms. The molecule has 0 aliphatic carbocycles. The van der Waals surface area contributed by atoms with Crippen LogP contribution in [-0.2, 0) is 9.47 Å². The van der Waals surface area contributed by atoms with E-state index in [0.717, 1.165) is 13.0 Å². The second-order valence-electron chi connectivity index (χ2n) is 4.45. The van der Waals surface area contributed by atoms with Crippen LogP contribution in [0, 0.1) is 0 Å². The Balaban J connectivity index is 3.62. The van der Waals surface area contributed by atoms with Gasteiger partial charge in [-0.3, -0.25) is 0 Å². The summed E-state index contributed by atoms with van der Waals surface area (Å²) in [6.45, 7) is 10.9. The average Bonchev–Trinajstić information content (AvgIpc) is 2.24. The molecular weight excluding hydrogens is 206 g/mol. The van der Waals surface area contributed by atoms with Gasteiger partial charge in [-0.25, -0.2) is 0 Å². The monoisotopic (exact) mass is 233 g/mol. The van der Waals surface area contributed by atoms with E-state index in [1.807, 2.05) is 13.8 Å². The van der Waals surface area contributed by atoms with E-state index in [0.29, 0.717) is 26.4 Å².